The van der Waals surface area contributed by atoms with Gasteiger partial charge < -0.3 is 45.4 Å². The zero-order chi connectivity index (χ0) is 31.3. The van der Waals surface area contributed by atoms with Crippen LogP contribution in [0.2, 0.25) is 0 Å². The van der Waals surface area contributed by atoms with Crippen LogP contribution in [0.4, 0.5) is 10.7 Å². The van der Waals surface area contributed by atoms with Crippen LogP contribution in [-0.2, 0) is 21.3 Å². The average molecular weight is 610 g/mol. The van der Waals surface area contributed by atoms with Gasteiger partial charge in [0.2, 0.25) is 17.7 Å². The number of hydrogen-bond acceptors (Lipinski definition) is 14. The van der Waals surface area contributed by atoms with Crippen LogP contribution in [0.5, 0.6) is 0 Å². The van der Waals surface area contributed by atoms with Crippen LogP contribution in [0, 0.1) is 5.41 Å². The number of urea groups is 1. The number of imidazole rings is 1. The lowest BCUT2D eigenvalue weighted by Gasteiger charge is -2.26. The van der Waals surface area contributed by atoms with Gasteiger partial charge in [-0.05, 0) is 0 Å². The van der Waals surface area contributed by atoms with Crippen molar-refractivity contribution >= 4 is 46.6 Å². The van der Waals surface area contributed by atoms with Crippen LogP contribution >= 0.6 is 0 Å². The minimum Gasteiger partial charge on any atom is -0.394 e. The van der Waals surface area contributed by atoms with E-state index in [-0.39, 0.29) is 23.1 Å². The topological polar surface area (TPSA) is 304 Å². The number of amidine groups is 1. The van der Waals surface area contributed by atoms with Crippen molar-refractivity contribution < 1.29 is 54.3 Å². The molecular weight excluding hydrogens is 580 g/mol. The number of rotatable bonds is 5. The number of carbonyl (C=O) groups is 2. The van der Waals surface area contributed by atoms with Gasteiger partial charge in [0.1, 0.15) is 36.6 Å². The Kier molecular flexibility index (Phi) is 8.06. The molecule has 8 atom stereocenters. The Morgan fingerprint density at radius 3 is 2.28 bits per heavy atom. The maximum absolute atomic E-state index is 12.1. The Labute approximate surface area is 239 Å². The first-order chi connectivity index (χ1) is 20.4. The fraction of sp³-hybridized carbons (Fsp3) is 0.545. The zero-order valence-corrected chi connectivity index (χ0v) is 22.5. The molecule has 0 spiro atoms. The maximum atomic E-state index is 12.1. The number of aliphatic imine (C=N–C) groups is 2. The van der Waals surface area contributed by atoms with Gasteiger partial charge in [0.15, 0.2) is 24.1 Å². The van der Waals surface area contributed by atoms with Crippen LogP contribution in [0.1, 0.15) is 6.23 Å². The second-order valence-corrected chi connectivity index (χ2v) is 9.78. The Hall–Kier alpha value is -4.22. The van der Waals surface area contributed by atoms with E-state index < -0.39 is 80.2 Å². The average Bonchev–Trinajstić information content (AvgIpc) is 3.66. The monoisotopic (exact) mass is 609 g/mol. The highest BCUT2D eigenvalue weighted by Gasteiger charge is 2.52. The third kappa shape index (κ3) is 5.06. The summed E-state index contributed by atoms with van der Waals surface area (Å²) in [5.41, 5.74) is -0.0433. The molecule has 3 amide bonds. The molecule has 232 valence electrons. The standard InChI is InChI=1S/C12H17N5O5.C10H11N5O6/c1-13-12-14-9-6(10(21)15-12)16(2)4-17(9)11-8(20)7(19)5(3-18)22-11;11-9-13-6-3(7(19)14-9)12-10(20)15(6)8-5(18)4(17)2(1-16)21-8/h4-5,7-8,11,18-20H,3H2,1-2H3,(H-,13,14,15,21);2,4-5,8,16-18H,1H2,(H2,11,14,19)/p+1/t5-,7-,8-,11-;2-,4-,5-,8-/m11/s1. The number of amides is 3. The molecule has 2 aromatic rings. The Morgan fingerprint density at radius 2 is 1.67 bits per heavy atom. The fourth-order valence-electron chi connectivity index (χ4n) is 4.95. The maximum Gasteiger partial charge on any atom is 0.352 e. The van der Waals surface area contributed by atoms with Gasteiger partial charge in [0.25, 0.3) is 17.4 Å². The first kappa shape index (κ1) is 30.2. The lowest BCUT2D eigenvalue weighted by Crippen LogP contribution is -2.53. The van der Waals surface area contributed by atoms with E-state index >= 15 is 0 Å². The van der Waals surface area contributed by atoms with Crippen LogP contribution in [0.25, 0.3) is 11.2 Å². The molecule has 0 radical (unpaired) electrons. The number of aliphatic hydroxyl groups is 6. The summed E-state index contributed by atoms with van der Waals surface area (Å²) in [4.78, 5) is 50.4. The lowest BCUT2D eigenvalue weighted by atomic mass is 10.1. The van der Waals surface area contributed by atoms with E-state index in [9.17, 15) is 39.9 Å². The number of fused-ring (bicyclic) bond motifs is 2. The number of aliphatic hydroxyl groups excluding tert-OH is 6. The molecule has 2 saturated heterocycles. The number of aromatic nitrogens is 4. The second-order valence-electron chi connectivity index (χ2n) is 9.78. The molecule has 4 aliphatic rings. The number of ether oxygens (including phenoxy) is 2. The summed E-state index contributed by atoms with van der Waals surface area (Å²) >= 11 is 0. The number of aryl methyl sites for hydroxylation is 1. The highest BCUT2D eigenvalue weighted by molar-refractivity contribution is 6.72. The van der Waals surface area contributed by atoms with Gasteiger partial charge in [0.05, 0.1) is 20.3 Å². The summed E-state index contributed by atoms with van der Waals surface area (Å²) in [7, 11) is 3.28. The van der Waals surface area contributed by atoms with Gasteiger partial charge in [-0.15, -0.1) is 0 Å². The molecule has 4 aliphatic heterocycles. The molecule has 0 saturated carbocycles. The van der Waals surface area contributed by atoms with Gasteiger partial charge in [-0.3, -0.25) is 29.9 Å². The molecule has 0 bridgehead atoms. The largest absolute Gasteiger partial charge is 0.394 e. The van der Waals surface area contributed by atoms with Gasteiger partial charge in [-0.25, -0.2) is 14.3 Å². The SMILES string of the molecule is CNc1nc2c(c(=O)[nH]1)n(C)c[n+]2[C@@H]1O[C@H](CO)[C@@H](O)[C@H]1O.N=C1N=C2C(=NC(=O)N2[C@@H]2O[C@H](CO)[C@@H](O)[C@H]2O)C(=O)N1. The summed E-state index contributed by atoms with van der Waals surface area (Å²) < 4.78 is 13.7. The second kappa shape index (κ2) is 11.5. The van der Waals surface area contributed by atoms with E-state index in [0.717, 1.165) is 4.90 Å². The van der Waals surface area contributed by atoms with Gasteiger partial charge in [-0.1, -0.05) is 4.98 Å². The molecule has 21 heteroatoms. The summed E-state index contributed by atoms with van der Waals surface area (Å²) in [5, 5.41) is 70.0. The number of anilines is 1. The van der Waals surface area contributed by atoms with Crippen LogP contribution in [0.15, 0.2) is 21.1 Å². The van der Waals surface area contributed by atoms with Crippen molar-refractivity contribution in [3.63, 3.8) is 0 Å². The highest BCUT2D eigenvalue weighted by Crippen LogP contribution is 2.28. The highest BCUT2D eigenvalue weighted by atomic mass is 16.6. The number of aromatic amines is 1. The fourth-order valence-corrected chi connectivity index (χ4v) is 4.95. The predicted molar refractivity (Wildman–Crippen MR) is 140 cm³/mol. The minimum absolute atomic E-state index is 0.233. The molecule has 0 aliphatic carbocycles. The molecule has 43 heavy (non-hydrogen) atoms. The number of hydrogen-bond donors (Lipinski definition) is 10. The number of nitrogens with one attached hydrogen (secondary N) is 4. The van der Waals surface area contributed by atoms with Crippen molar-refractivity contribution in [1.82, 2.24) is 24.8 Å². The molecule has 0 aromatic carbocycles. The van der Waals surface area contributed by atoms with Crippen molar-refractivity contribution in [3.05, 3.63) is 16.7 Å². The smallest absolute Gasteiger partial charge is 0.352 e. The van der Waals surface area contributed by atoms with Crippen molar-refractivity contribution in [1.29, 1.82) is 5.41 Å². The van der Waals surface area contributed by atoms with E-state index in [1.165, 1.54) is 4.57 Å². The van der Waals surface area contributed by atoms with Crippen LogP contribution in [-0.4, -0.2) is 143 Å². The number of nitrogens with zero attached hydrogens (tertiary/aromatic N) is 6. The Morgan fingerprint density at radius 1 is 1.02 bits per heavy atom. The number of H-pyrrole nitrogens is 1. The summed E-state index contributed by atoms with van der Waals surface area (Å²) in [5.74, 6) is -1.22. The Bertz CT molecular complexity index is 1590. The summed E-state index contributed by atoms with van der Waals surface area (Å²) in [6, 6.07) is -0.913. The van der Waals surface area contributed by atoms with Crippen molar-refractivity contribution in [2.45, 2.75) is 49.1 Å². The third-order valence-electron chi connectivity index (χ3n) is 7.09. The van der Waals surface area contributed by atoms with E-state index in [0.29, 0.717) is 11.2 Å². The summed E-state index contributed by atoms with van der Waals surface area (Å²) in [6.45, 7) is -0.983. The number of carbonyl (C=O) groups excluding carboxylic acids is 2. The lowest BCUT2D eigenvalue weighted by molar-refractivity contribution is -0.745. The first-order valence-corrected chi connectivity index (χ1v) is 12.8. The van der Waals surface area contributed by atoms with Crippen molar-refractivity contribution in [2.75, 3.05) is 25.6 Å². The van der Waals surface area contributed by atoms with Crippen molar-refractivity contribution in [3.8, 4) is 0 Å². The molecule has 2 fully saturated rings. The first-order valence-electron chi connectivity index (χ1n) is 12.8. The quantitative estimate of drug-likeness (QED) is 0.141. The molecule has 6 rings (SSSR count). The zero-order valence-electron chi connectivity index (χ0n) is 22.5. The van der Waals surface area contributed by atoms with Crippen LogP contribution in [0.3, 0.4) is 0 Å². The molecule has 21 nitrogen and oxygen atoms in total. The van der Waals surface area contributed by atoms with Crippen LogP contribution < -0.4 is 20.8 Å². The predicted octanol–water partition coefficient (Wildman–Crippen LogP) is -6.03. The van der Waals surface area contributed by atoms with E-state index in [1.54, 1.807) is 25.0 Å². The van der Waals surface area contributed by atoms with E-state index in [1.807, 2.05) is 0 Å². The number of guanidine groups is 1. The molecule has 2 aromatic heterocycles. The normalized spacial score (nSPS) is 31.9. The van der Waals surface area contributed by atoms with Gasteiger partial charge >= 0.3 is 11.7 Å². The molecular formula is C22H29N10O11+. The van der Waals surface area contributed by atoms with Gasteiger partial charge in [-0.2, -0.15) is 9.98 Å². The third-order valence-corrected chi connectivity index (χ3v) is 7.09. The van der Waals surface area contributed by atoms with Gasteiger partial charge in [0, 0.05) is 7.05 Å². The Balaban J connectivity index is 0.000000171. The van der Waals surface area contributed by atoms with E-state index in [4.69, 9.17) is 20.0 Å². The van der Waals surface area contributed by atoms with E-state index in [2.05, 4.69) is 30.6 Å². The summed E-state index contributed by atoms with van der Waals surface area (Å²) in [6.07, 6.45) is -8.12. The molecule has 6 heterocycles. The molecule has 0 unspecified atom stereocenters. The molecule has 10 N–H and O–H groups in total. The van der Waals surface area contributed by atoms with Crippen molar-refractivity contribution in [2.24, 2.45) is 17.0 Å². The minimum atomic E-state index is -1.51.